The topological polar surface area (TPSA) is 48.3 Å². The number of allylic oxidation sites excluding steroid dienone is 1. The van der Waals surface area contributed by atoms with E-state index in [1.54, 1.807) is 18.3 Å². The largest absolute Gasteiger partial charge is 0.465 e. The van der Waals surface area contributed by atoms with Gasteiger partial charge in [-0.15, -0.1) is 6.58 Å². The molecule has 15 heavy (non-hydrogen) atoms. The van der Waals surface area contributed by atoms with Crippen LogP contribution in [-0.4, -0.2) is 17.6 Å². The summed E-state index contributed by atoms with van der Waals surface area (Å²) in [6, 6.07) is 2.84. The molecule has 0 radical (unpaired) electrons. The summed E-state index contributed by atoms with van der Waals surface area (Å²) in [5.74, 6) is -0.497. The zero-order chi connectivity index (χ0) is 11.3. The number of methoxy groups -OCH3 is 1. The summed E-state index contributed by atoms with van der Waals surface area (Å²) >= 11 is 0. The SMILES string of the molecule is C=CCCn1ccc(C(=O)OC)cc1=O. The molecule has 0 fully saturated rings. The van der Waals surface area contributed by atoms with Crippen molar-refractivity contribution in [2.75, 3.05) is 7.11 Å². The number of nitrogens with zero attached hydrogens (tertiary/aromatic N) is 1. The average molecular weight is 207 g/mol. The van der Waals surface area contributed by atoms with E-state index in [2.05, 4.69) is 11.3 Å². The highest BCUT2D eigenvalue weighted by molar-refractivity contribution is 5.88. The van der Waals surface area contributed by atoms with Crippen LogP contribution in [0, 0.1) is 0 Å². The molecule has 0 spiro atoms. The highest BCUT2D eigenvalue weighted by Crippen LogP contribution is 1.97. The van der Waals surface area contributed by atoms with Crippen molar-refractivity contribution in [1.82, 2.24) is 4.57 Å². The fourth-order valence-corrected chi connectivity index (χ4v) is 1.17. The van der Waals surface area contributed by atoms with Crippen LogP contribution in [-0.2, 0) is 11.3 Å². The van der Waals surface area contributed by atoms with Crippen molar-refractivity contribution in [2.24, 2.45) is 0 Å². The Balaban J connectivity index is 2.93. The molecule has 0 aliphatic rings. The zero-order valence-electron chi connectivity index (χ0n) is 8.60. The van der Waals surface area contributed by atoms with Gasteiger partial charge in [0.15, 0.2) is 0 Å². The molecule has 4 heteroatoms. The molecule has 1 heterocycles. The Kier molecular flexibility index (Phi) is 3.85. The van der Waals surface area contributed by atoms with Crippen LogP contribution in [0.25, 0.3) is 0 Å². The number of carbonyl (C=O) groups excluding carboxylic acids is 1. The summed E-state index contributed by atoms with van der Waals surface area (Å²) in [6.45, 7) is 4.15. The first kappa shape index (κ1) is 11.2. The third-order valence-corrected chi connectivity index (χ3v) is 1.99. The van der Waals surface area contributed by atoms with Gasteiger partial charge in [0.05, 0.1) is 12.7 Å². The van der Waals surface area contributed by atoms with Crippen molar-refractivity contribution < 1.29 is 9.53 Å². The molecule has 1 aromatic heterocycles. The average Bonchev–Trinajstić information content (AvgIpc) is 2.26. The van der Waals surface area contributed by atoms with Crippen LogP contribution in [0.5, 0.6) is 0 Å². The van der Waals surface area contributed by atoms with Crippen LogP contribution in [0.15, 0.2) is 35.8 Å². The van der Waals surface area contributed by atoms with E-state index in [0.717, 1.165) is 6.42 Å². The Hall–Kier alpha value is -1.84. The van der Waals surface area contributed by atoms with Gasteiger partial charge in [-0.1, -0.05) is 6.08 Å². The first-order chi connectivity index (χ1) is 7.19. The van der Waals surface area contributed by atoms with E-state index in [0.29, 0.717) is 6.54 Å². The number of esters is 1. The molecular weight excluding hydrogens is 194 g/mol. The van der Waals surface area contributed by atoms with Crippen LogP contribution in [0.2, 0.25) is 0 Å². The second-order valence-electron chi connectivity index (χ2n) is 3.02. The molecule has 0 bridgehead atoms. The second kappa shape index (κ2) is 5.14. The van der Waals surface area contributed by atoms with Crippen molar-refractivity contribution in [3.63, 3.8) is 0 Å². The number of aryl methyl sites for hydroxylation is 1. The number of rotatable bonds is 4. The molecule has 0 saturated carbocycles. The minimum absolute atomic E-state index is 0.209. The molecule has 0 amide bonds. The van der Waals surface area contributed by atoms with Crippen LogP contribution >= 0.6 is 0 Å². The number of ether oxygens (including phenoxy) is 1. The molecule has 80 valence electrons. The first-order valence-electron chi connectivity index (χ1n) is 4.58. The quantitative estimate of drug-likeness (QED) is 0.550. The third-order valence-electron chi connectivity index (χ3n) is 1.99. The molecule has 4 nitrogen and oxygen atoms in total. The maximum absolute atomic E-state index is 11.5. The Morgan fingerprint density at radius 1 is 1.67 bits per heavy atom. The van der Waals surface area contributed by atoms with Crippen LogP contribution in [0.4, 0.5) is 0 Å². The number of aromatic nitrogens is 1. The van der Waals surface area contributed by atoms with E-state index >= 15 is 0 Å². The summed E-state index contributed by atoms with van der Waals surface area (Å²) in [7, 11) is 1.28. The van der Waals surface area contributed by atoms with Gasteiger partial charge in [-0.2, -0.15) is 0 Å². The lowest BCUT2D eigenvalue weighted by Crippen LogP contribution is -2.20. The molecular formula is C11H13NO3. The van der Waals surface area contributed by atoms with Gasteiger partial charge in [-0.25, -0.2) is 4.79 Å². The number of carbonyl (C=O) groups is 1. The van der Waals surface area contributed by atoms with Crippen LogP contribution in [0.3, 0.4) is 0 Å². The summed E-state index contributed by atoms with van der Waals surface area (Å²) in [5.41, 5.74) is 0.0668. The molecule has 1 aromatic rings. The van der Waals surface area contributed by atoms with Gasteiger partial charge in [0.25, 0.3) is 5.56 Å². The molecule has 0 aromatic carbocycles. The van der Waals surface area contributed by atoms with Crippen LogP contribution in [0.1, 0.15) is 16.8 Å². The van der Waals surface area contributed by atoms with Gasteiger partial charge in [-0.05, 0) is 12.5 Å². The highest BCUT2D eigenvalue weighted by Gasteiger charge is 2.06. The predicted molar refractivity (Wildman–Crippen MR) is 56.9 cm³/mol. The Bertz CT molecular complexity index is 420. The molecule has 0 aliphatic heterocycles. The summed E-state index contributed by atoms with van der Waals surface area (Å²) < 4.78 is 6.03. The van der Waals surface area contributed by atoms with E-state index in [9.17, 15) is 9.59 Å². The summed E-state index contributed by atoms with van der Waals surface area (Å²) in [5, 5.41) is 0. The lowest BCUT2D eigenvalue weighted by molar-refractivity contribution is 0.0600. The molecule has 1 rings (SSSR count). The number of pyridine rings is 1. The predicted octanol–water partition coefficient (Wildman–Crippen LogP) is 1.21. The lowest BCUT2D eigenvalue weighted by atomic mass is 10.2. The maximum atomic E-state index is 11.5. The monoisotopic (exact) mass is 207 g/mol. The van der Waals surface area contributed by atoms with Crippen molar-refractivity contribution in [1.29, 1.82) is 0 Å². The van der Waals surface area contributed by atoms with Crippen LogP contribution < -0.4 is 5.56 Å². The lowest BCUT2D eigenvalue weighted by Gasteiger charge is -2.04. The van der Waals surface area contributed by atoms with E-state index in [1.807, 2.05) is 0 Å². The minimum Gasteiger partial charge on any atom is -0.465 e. The maximum Gasteiger partial charge on any atom is 0.338 e. The summed E-state index contributed by atoms with van der Waals surface area (Å²) in [6.07, 6.45) is 4.04. The van der Waals surface area contributed by atoms with Crippen molar-refractivity contribution in [3.8, 4) is 0 Å². The normalized spacial score (nSPS) is 9.67. The van der Waals surface area contributed by atoms with Crippen molar-refractivity contribution >= 4 is 5.97 Å². The molecule has 0 atom stereocenters. The van der Waals surface area contributed by atoms with Crippen molar-refractivity contribution in [2.45, 2.75) is 13.0 Å². The van der Waals surface area contributed by atoms with Gasteiger partial charge in [-0.3, -0.25) is 4.79 Å². The zero-order valence-corrected chi connectivity index (χ0v) is 8.60. The Labute approximate surface area is 87.8 Å². The second-order valence-corrected chi connectivity index (χ2v) is 3.02. The number of hydrogen-bond donors (Lipinski definition) is 0. The fourth-order valence-electron chi connectivity index (χ4n) is 1.17. The Morgan fingerprint density at radius 2 is 2.40 bits per heavy atom. The van der Waals surface area contributed by atoms with Gasteiger partial charge in [0, 0.05) is 18.8 Å². The van der Waals surface area contributed by atoms with E-state index in [4.69, 9.17) is 0 Å². The van der Waals surface area contributed by atoms with Gasteiger partial charge < -0.3 is 9.30 Å². The van der Waals surface area contributed by atoms with E-state index in [1.165, 1.54) is 17.7 Å². The first-order valence-corrected chi connectivity index (χ1v) is 4.58. The van der Waals surface area contributed by atoms with Gasteiger partial charge >= 0.3 is 5.97 Å². The standard InChI is InChI=1S/C11H13NO3/c1-3-4-6-12-7-5-9(8-10(12)13)11(14)15-2/h3,5,7-8H,1,4,6H2,2H3. The fraction of sp³-hybridized carbons (Fsp3) is 0.273. The third kappa shape index (κ3) is 2.80. The summed E-state index contributed by atoms with van der Waals surface area (Å²) in [4.78, 5) is 22.6. The molecule has 0 N–H and O–H groups in total. The molecule has 0 saturated heterocycles. The van der Waals surface area contributed by atoms with Gasteiger partial charge in [0.1, 0.15) is 0 Å². The Morgan fingerprint density at radius 3 is 2.93 bits per heavy atom. The van der Waals surface area contributed by atoms with Crippen molar-refractivity contribution in [3.05, 3.63) is 46.9 Å². The van der Waals surface area contributed by atoms with Gasteiger partial charge in [0.2, 0.25) is 0 Å². The van der Waals surface area contributed by atoms with E-state index < -0.39 is 5.97 Å². The molecule has 0 unspecified atom stereocenters. The number of hydrogen-bond acceptors (Lipinski definition) is 3. The van der Waals surface area contributed by atoms with E-state index in [-0.39, 0.29) is 11.1 Å². The minimum atomic E-state index is -0.497. The molecule has 0 aliphatic carbocycles. The smallest absolute Gasteiger partial charge is 0.338 e. The highest BCUT2D eigenvalue weighted by atomic mass is 16.5.